The molecule has 0 N–H and O–H groups in total. The van der Waals surface area contributed by atoms with Gasteiger partial charge in [0.2, 0.25) is 0 Å². The third-order valence-corrected chi connectivity index (χ3v) is 1.56. The van der Waals surface area contributed by atoms with Crippen LogP contribution >= 0.6 is 7.92 Å². The fraction of sp³-hybridized carbons (Fsp3) is 0.800. The summed E-state index contributed by atoms with van der Waals surface area (Å²) in [5, 5.41) is 0. The lowest BCUT2D eigenvalue weighted by molar-refractivity contribution is -0.137. The first kappa shape index (κ1) is 7.90. The van der Waals surface area contributed by atoms with Crippen LogP contribution in [0.25, 0.3) is 0 Å². The van der Waals surface area contributed by atoms with Gasteiger partial charge in [0, 0.05) is 0 Å². The predicted octanol–water partition coefficient (Wildman–Crippen LogP) is 0.901. The van der Waals surface area contributed by atoms with Gasteiger partial charge in [0.15, 0.2) is 0 Å². The summed E-state index contributed by atoms with van der Waals surface area (Å²) in [5.41, 5.74) is 0. The summed E-state index contributed by atoms with van der Waals surface area (Å²) in [6.07, 6.45) is 0.589. The van der Waals surface area contributed by atoms with Crippen LogP contribution in [0.1, 0.15) is 0 Å². The first-order valence-electron chi connectivity index (χ1n) is 2.38. The van der Waals surface area contributed by atoms with Crippen molar-refractivity contribution in [1.29, 1.82) is 0 Å². The van der Waals surface area contributed by atoms with E-state index in [-0.39, 0.29) is 13.9 Å². The quantitative estimate of drug-likeness (QED) is 0.414. The number of methoxy groups -OCH3 is 1. The standard InChI is InChI=1S/C5H11O2P/c1-7-5(6)4-8(2)3/h4H2,1-3H3. The summed E-state index contributed by atoms with van der Waals surface area (Å²) in [7, 11) is 1.30. The van der Waals surface area contributed by atoms with Crippen molar-refractivity contribution in [2.75, 3.05) is 26.6 Å². The van der Waals surface area contributed by atoms with Crippen LogP contribution in [0.4, 0.5) is 0 Å². The Labute approximate surface area is 51.0 Å². The highest BCUT2D eigenvalue weighted by Crippen LogP contribution is 2.23. The zero-order valence-corrected chi connectivity index (χ0v) is 6.37. The number of hydrogen-bond acceptors (Lipinski definition) is 2. The van der Waals surface area contributed by atoms with Gasteiger partial charge in [0.05, 0.1) is 13.3 Å². The zero-order chi connectivity index (χ0) is 6.57. The van der Waals surface area contributed by atoms with E-state index in [0.717, 1.165) is 0 Å². The Morgan fingerprint density at radius 2 is 2.12 bits per heavy atom. The Morgan fingerprint density at radius 1 is 1.62 bits per heavy atom. The van der Waals surface area contributed by atoms with Crippen LogP contribution in [-0.2, 0) is 9.53 Å². The van der Waals surface area contributed by atoms with Gasteiger partial charge in [-0.2, -0.15) is 0 Å². The molecule has 0 amide bonds. The van der Waals surface area contributed by atoms with Crippen LogP contribution in [-0.4, -0.2) is 32.6 Å². The Kier molecular flexibility index (Phi) is 3.80. The van der Waals surface area contributed by atoms with Gasteiger partial charge in [-0.25, -0.2) is 0 Å². The van der Waals surface area contributed by atoms with Crippen molar-refractivity contribution in [3.63, 3.8) is 0 Å². The molecule has 8 heavy (non-hydrogen) atoms. The van der Waals surface area contributed by atoms with Crippen LogP contribution in [0, 0.1) is 0 Å². The van der Waals surface area contributed by atoms with Gasteiger partial charge in [-0.05, 0) is 13.3 Å². The van der Waals surface area contributed by atoms with Crippen LogP contribution in [0.15, 0.2) is 0 Å². The molecule has 0 atom stereocenters. The molecule has 48 valence electrons. The van der Waals surface area contributed by atoms with E-state index in [2.05, 4.69) is 4.74 Å². The number of ether oxygens (including phenoxy) is 1. The normalized spacial score (nSPS) is 9.50. The van der Waals surface area contributed by atoms with E-state index in [1.165, 1.54) is 7.11 Å². The molecule has 0 radical (unpaired) electrons. The second-order valence-corrected chi connectivity index (χ2v) is 4.29. The molecule has 2 nitrogen and oxygen atoms in total. The molecule has 0 saturated carbocycles. The van der Waals surface area contributed by atoms with Crippen LogP contribution in [0.3, 0.4) is 0 Å². The lowest BCUT2D eigenvalue weighted by Gasteiger charge is -2.00. The summed E-state index contributed by atoms with van der Waals surface area (Å²) < 4.78 is 4.44. The first-order chi connectivity index (χ1) is 3.66. The van der Waals surface area contributed by atoms with E-state index in [9.17, 15) is 4.79 Å². The minimum atomic E-state index is -0.120. The molecule has 3 heteroatoms. The smallest absolute Gasteiger partial charge is 0.309 e. The minimum absolute atomic E-state index is 0.0962. The zero-order valence-electron chi connectivity index (χ0n) is 5.47. The summed E-state index contributed by atoms with van der Waals surface area (Å²) in [4.78, 5) is 10.4. The molecule has 0 unspecified atom stereocenters. The Bertz CT molecular complexity index is 80.5. The Morgan fingerprint density at radius 3 is 2.25 bits per heavy atom. The third-order valence-electron chi connectivity index (χ3n) is 0.673. The van der Waals surface area contributed by atoms with Crippen LogP contribution < -0.4 is 0 Å². The maximum atomic E-state index is 10.4. The van der Waals surface area contributed by atoms with E-state index in [1.807, 2.05) is 13.3 Å². The SMILES string of the molecule is COC(=O)CP(C)C. The summed E-state index contributed by atoms with van der Waals surface area (Å²) >= 11 is 0. The topological polar surface area (TPSA) is 26.3 Å². The van der Waals surface area contributed by atoms with Gasteiger partial charge in [0.25, 0.3) is 0 Å². The van der Waals surface area contributed by atoms with Crippen molar-refractivity contribution in [2.24, 2.45) is 0 Å². The Hall–Kier alpha value is -0.100. The molecule has 0 aliphatic rings. The van der Waals surface area contributed by atoms with Gasteiger partial charge in [-0.1, -0.05) is 0 Å². The maximum absolute atomic E-state index is 10.4. The molecule has 0 bridgehead atoms. The number of esters is 1. The van der Waals surface area contributed by atoms with Crippen LogP contribution in [0.5, 0.6) is 0 Å². The van der Waals surface area contributed by atoms with E-state index in [4.69, 9.17) is 0 Å². The minimum Gasteiger partial charge on any atom is -0.469 e. The van der Waals surface area contributed by atoms with E-state index < -0.39 is 0 Å². The summed E-state index contributed by atoms with van der Waals surface area (Å²) in [5.74, 6) is -0.0962. The predicted molar refractivity (Wildman–Crippen MR) is 35.7 cm³/mol. The third kappa shape index (κ3) is 4.07. The molecule has 0 spiro atoms. The van der Waals surface area contributed by atoms with Gasteiger partial charge in [0.1, 0.15) is 0 Å². The number of carbonyl (C=O) groups is 1. The van der Waals surface area contributed by atoms with Gasteiger partial charge in [-0.15, -0.1) is 7.92 Å². The van der Waals surface area contributed by atoms with Crippen LogP contribution in [0.2, 0.25) is 0 Å². The monoisotopic (exact) mass is 134 g/mol. The number of hydrogen-bond donors (Lipinski definition) is 0. The average Bonchev–Trinajstić information content (AvgIpc) is 1.65. The Balaban J connectivity index is 3.25. The molecule has 0 aromatic heterocycles. The lowest BCUT2D eigenvalue weighted by atomic mass is 10.8. The second-order valence-electron chi connectivity index (χ2n) is 1.81. The van der Waals surface area contributed by atoms with E-state index >= 15 is 0 Å². The molecule has 0 aromatic rings. The second kappa shape index (κ2) is 3.85. The summed E-state index contributed by atoms with van der Waals surface area (Å²) in [6, 6.07) is 0. The van der Waals surface area contributed by atoms with Crippen molar-refractivity contribution in [2.45, 2.75) is 0 Å². The molecular weight excluding hydrogens is 123 g/mol. The molecule has 0 aliphatic carbocycles. The van der Waals surface area contributed by atoms with E-state index in [0.29, 0.717) is 6.16 Å². The highest BCUT2D eigenvalue weighted by molar-refractivity contribution is 7.56. The molecule has 0 aromatic carbocycles. The molecule has 0 saturated heterocycles. The molecule has 0 aliphatic heterocycles. The fourth-order valence-electron chi connectivity index (χ4n) is 0.323. The van der Waals surface area contributed by atoms with Crippen molar-refractivity contribution in [3.05, 3.63) is 0 Å². The molecule has 0 heterocycles. The highest BCUT2D eigenvalue weighted by atomic mass is 31.1. The summed E-state index contributed by atoms with van der Waals surface area (Å²) in [6.45, 7) is 4.10. The van der Waals surface area contributed by atoms with Gasteiger partial charge in [-0.3, -0.25) is 4.79 Å². The maximum Gasteiger partial charge on any atom is 0.309 e. The molecule has 0 fully saturated rings. The average molecular weight is 134 g/mol. The van der Waals surface area contributed by atoms with Gasteiger partial charge < -0.3 is 4.74 Å². The molecular formula is C5H11O2P. The first-order valence-corrected chi connectivity index (χ1v) is 4.80. The van der Waals surface area contributed by atoms with Crippen molar-refractivity contribution in [3.8, 4) is 0 Å². The fourth-order valence-corrected chi connectivity index (χ4v) is 0.968. The largest absolute Gasteiger partial charge is 0.469 e. The van der Waals surface area contributed by atoms with Gasteiger partial charge >= 0.3 is 5.97 Å². The number of rotatable bonds is 2. The van der Waals surface area contributed by atoms with Crippen molar-refractivity contribution in [1.82, 2.24) is 0 Å². The van der Waals surface area contributed by atoms with Crippen molar-refractivity contribution < 1.29 is 9.53 Å². The molecule has 0 rings (SSSR count). The van der Waals surface area contributed by atoms with E-state index in [1.54, 1.807) is 0 Å². The number of carbonyl (C=O) groups excluding carboxylic acids is 1. The highest BCUT2D eigenvalue weighted by Gasteiger charge is 2.00. The lowest BCUT2D eigenvalue weighted by Crippen LogP contribution is -2.03. The van der Waals surface area contributed by atoms with Crippen molar-refractivity contribution >= 4 is 13.9 Å².